The van der Waals surface area contributed by atoms with Crippen molar-refractivity contribution in [3.05, 3.63) is 53.3 Å². The van der Waals surface area contributed by atoms with Gasteiger partial charge >= 0.3 is 12.3 Å². The largest absolute Gasteiger partial charge is 0.573 e. The first-order valence-corrected chi connectivity index (χ1v) is 7.65. The van der Waals surface area contributed by atoms with Gasteiger partial charge in [-0.15, -0.1) is 13.2 Å². The third-order valence-corrected chi connectivity index (χ3v) is 3.53. The Labute approximate surface area is 147 Å². The van der Waals surface area contributed by atoms with E-state index in [0.29, 0.717) is 11.3 Å². The van der Waals surface area contributed by atoms with Gasteiger partial charge in [0.1, 0.15) is 11.6 Å². The van der Waals surface area contributed by atoms with Crippen LogP contribution >= 0.6 is 0 Å². The molecular formula is C18H17F4NO3. The molecule has 0 aliphatic heterocycles. The third kappa shape index (κ3) is 4.87. The number of rotatable bonds is 5. The zero-order chi connectivity index (χ0) is 19.5. The zero-order valence-electron chi connectivity index (χ0n) is 14.3. The molecule has 0 aromatic heterocycles. The van der Waals surface area contributed by atoms with Crippen LogP contribution in [0.15, 0.2) is 36.4 Å². The van der Waals surface area contributed by atoms with Crippen molar-refractivity contribution in [2.24, 2.45) is 0 Å². The van der Waals surface area contributed by atoms with Crippen LogP contribution in [0.4, 0.5) is 28.9 Å². The van der Waals surface area contributed by atoms with Crippen molar-refractivity contribution < 1.29 is 31.8 Å². The fourth-order valence-electron chi connectivity index (χ4n) is 2.38. The summed E-state index contributed by atoms with van der Waals surface area (Å²) in [5.74, 6) is -1.74. The first kappa shape index (κ1) is 19.6. The fourth-order valence-corrected chi connectivity index (χ4v) is 2.38. The molecule has 0 fully saturated rings. The summed E-state index contributed by atoms with van der Waals surface area (Å²) in [7, 11) is 1.16. The summed E-state index contributed by atoms with van der Waals surface area (Å²) in [5.41, 5.74) is 1.12. The highest BCUT2D eigenvalue weighted by Crippen LogP contribution is 2.33. The Kier molecular flexibility index (Phi) is 5.74. The second-order valence-corrected chi connectivity index (χ2v) is 5.76. The molecule has 26 heavy (non-hydrogen) atoms. The summed E-state index contributed by atoms with van der Waals surface area (Å²) in [6.45, 7) is 3.68. The van der Waals surface area contributed by atoms with Crippen LogP contribution in [0.2, 0.25) is 0 Å². The van der Waals surface area contributed by atoms with Crippen molar-refractivity contribution in [3.63, 3.8) is 0 Å². The molecule has 0 spiro atoms. The molecule has 1 N–H and O–H groups in total. The van der Waals surface area contributed by atoms with Gasteiger partial charge in [0, 0.05) is 11.8 Å². The minimum atomic E-state index is -4.87. The number of halogens is 4. The highest BCUT2D eigenvalue weighted by molar-refractivity contribution is 5.97. The van der Waals surface area contributed by atoms with E-state index in [9.17, 15) is 22.4 Å². The molecule has 0 radical (unpaired) electrons. The van der Waals surface area contributed by atoms with Crippen molar-refractivity contribution in [1.29, 1.82) is 0 Å². The lowest BCUT2D eigenvalue weighted by Crippen LogP contribution is -2.17. The molecule has 0 saturated carbocycles. The van der Waals surface area contributed by atoms with Crippen LogP contribution in [-0.4, -0.2) is 19.4 Å². The number of benzene rings is 2. The summed E-state index contributed by atoms with van der Waals surface area (Å²) in [4.78, 5) is 11.9. The van der Waals surface area contributed by atoms with Crippen LogP contribution in [0, 0.1) is 5.82 Å². The molecule has 4 nitrogen and oxygen atoms in total. The van der Waals surface area contributed by atoms with Gasteiger partial charge in [-0.2, -0.15) is 0 Å². The molecule has 2 rings (SSSR count). The molecule has 0 aliphatic rings. The maximum Gasteiger partial charge on any atom is 0.573 e. The number of esters is 1. The van der Waals surface area contributed by atoms with E-state index >= 15 is 0 Å². The maximum absolute atomic E-state index is 13.5. The molecule has 0 bridgehead atoms. The molecule has 140 valence electrons. The van der Waals surface area contributed by atoms with Gasteiger partial charge in [-0.1, -0.05) is 13.8 Å². The topological polar surface area (TPSA) is 47.6 Å². The van der Waals surface area contributed by atoms with Crippen molar-refractivity contribution in [1.82, 2.24) is 0 Å². The number of ether oxygens (including phenoxy) is 2. The minimum Gasteiger partial charge on any atom is -0.465 e. The zero-order valence-corrected chi connectivity index (χ0v) is 14.3. The fraction of sp³-hybridized carbons (Fsp3) is 0.278. The standard InChI is InChI=1S/C18H17F4NO3/c1-10(2)14-8-11(19)4-7-15(14)23-16-9-12(26-18(20,21)22)5-6-13(16)17(24)25-3/h4-10,23H,1-3H3. The lowest BCUT2D eigenvalue weighted by Gasteiger charge is -2.18. The number of hydrogen-bond acceptors (Lipinski definition) is 4. The van der Waals surface area contributed by atoms with Crippen LogP contribution in [0.1, 0.15) is 35.7 Å². The monoisotopic (exact) mass is 371 g/mol. The minimum absolute atomic E-state index is 0.0149. The molecule has 2 aromatic rings. The van der Waals surface area contributed by atoms with Gasteiger partial charge in [0.25, 0.3) is 0 Å². The van der Waals surface area contributed by atoms with Crippen LogP contribution in [-0.2, 0) is 4.74 Å². The maximum atomic E-state index is 13.5. The first-order chi connectivity index (χ1) is 12.1. The number of alkyl halides is 3. The highest BCUT2D eigenvalue weighted by Gasteiger charge is 2.31. The number of hydrogen-bond donors (Lipinski definition) is 1. The highest BCUT2D eigenvalue weighted by atomic mass is 19.4. The van der Waals surface area contributed by atoms with Crippen LogP contribution in [0.5, 0.6) is 5.75 Å². The smallest absolute Gasteiger partial charge is 0.465 e. The lowest BCUT2D eigenvalue weighted by molar-refractivity contribution is -0.274. The van der Waals surface area contributed by atoms with Crippen molar-refractivity contribution in [3.8, 4) is 5.75 Å². The SMILES string of the molecule is COC(=O)c1ccc(OC(F)(F)F)cc1Nc1ccc(F)cc1C(C)C. The Bertz CT molecular complexity index is 804. The molecular weight excluding hydrogens is 354 g/mol. The van der Waals surface area contributed by atoms with E-state index in [1.807, 2.05) is 13.8 Å². The summed E-state index contributed by atoms with van der Waals surface area (Å²) in [5, 5.41) is 2.88. The van der Waals surface area contributed by atoms with Gasteiger partial charge in [-0.3, -0.25) is 0 Å². The van der Waals surface area contributed by atoms with Crippen molar-refractivity contribution in [2.75, 3.05) is 12.4 Å². The van der Waals surface area contributed by atoms with Crippen LogP contribution < -0.4 is 10.1 Å². The van der Waals surface area contributed by atoms with Crippen molar-refractivity contribution in [2.45, 2.75) is 26.1 Å². The van der Waals surface area contributed by atoms with E-state index in [2.05, 4.69) is 14.8 Å². The Balaban J connectivity index is 2.49. The van der Waals surface area contributed by atoms with Crippen LogP contribution in [0.25, 0.3) is 0 Å². The van der Waals surface area contributed by atoms with E-state index in [-0.39, 0.29) is 17.2 Å². The Morgan fingerprint density at radius 3 is 2.35 bits per heavy atom. The molecule has 2 aromatic carbocycles. The molecule has 0 unspecified atom stereocenters. The average Bonchev–Trinajstić information content (AvgIpc) is 2.54. The lowest BCUT2D eigenvalue weighted by atomic mass is 10.0. The number of carbonyl (C=O) groups is 1. The van der Waals surface area contributed by atoms with Gasteiger partial charge in [0.2, 0.25) is 0 Å². The Hall–Kier alpha value is -2.77. The second-order valence-electron chi connectivity index (χ2n) is 5.76. The van der Waals surface area contributed by atoms with Gasteiger partial charge in [0.15, 0.2) is 0 Å². The normalized spacial score (nSPS) is 11.4. The van der Waals surface area contributed by atoms with Gasteiger partial charge in [-0.25, -0.2) is 9.18 Å². The van der Waals surface area contributed by atoms with E-state index < -0.39 is 23.9 Å². The number of nitrogens with one attached hydrogen (secondary N) is 1. The summed E-state index contributed by atoms with van der Waals surface area (Å²) in [6, 6.07) is 7.19. The summed E-state index contributed by atoms with van der Waals surface area (Å²) >= 11 is 0. The van der Waals surface area contributed by atoms with Crippen molar-refractivity contribution >= 4 is 17.3 Å². The molecule has 0 amide bonds. The van der Waals surface area contributed by atoms with E-state index in [1.54, 1.807) is 0 Å². The predicted octanol–water partition coefficient (Wildman–Crippen LogP) is 5.38. The summed E-state index contributed by atoms with van der Waals surface area (Å²) in [6.07, 6.45) is -4.87. The summed E-state index contributed by atoms with van der Waals surface area (Å²) < 4.78 is 59.4. The molecule has 0 saturated heterocycles. The molecule has 0 heterocycles. The van der Waals surface area contributed by atoms with Gasteiger partial charge in [0.05, 0.1) is 18.4 Å². The number of carbonyl (C=O) groups excluding carboxylic acids is 1. The number of anilines is 2. The molecule has 8 heteroatoms. The van der Waals surface area contributed by atoms with E-state index in [4.69, 9.17) is 0 Å². The Morgan fingerprint density at radius 1 is 1.08 bits per heavy atom. The van der Waals surface area contributed by atoms with Crippen LogP contribution in [0.3, 0.4) is 0 Å². The molecule has 0 aliphatic carbocycles. The second kappa shape index (κ2) is 7.63. The average molecular weight is 371 g/mol. The van der Waals surface area contributed by atoms with E-state index in [1.165, 1.54) is 18.2 Å². The van der Waals surface area contributed by atoms with Gasteiger partial charge < -0.3 is 14.8 Å². The number of methoxy groups -OCH3 is 1. The molecule has 0 atom stereocenters. The quantitative estimate of drug-likeness (QED) is 0.566. The third-order valence-electron chi connectivity index (χ3n) is 3.53. The van der Waals surface area contributed by atoms with Gasteiger partial charge in [-0.05, 0) is 41.8 Å². The Morgan fingerprint density at radius 2 is 1.77 bits per heavy atom. The predicted molar refractivity (Wildman–Crippen MR) is 88.2 cm³/mol. The first-order valence-electron chi connectivity index (χ1n) is 7.65. The van der Waals surface area contributed by atoms with E-state index in [0.717, 1.165) is 25.3 Å².